The molecule has 3 heterocycles. The van der Waals surface area contributed by atoms with E-state index >= 15 is 0 Å². The van der Waals surface area contributed by atoms with Crippen LogP contribution in [0.25, 0.3) is 6.08 Å². The number of hydrogen-bond donors (Lipinski definition) is 3. The van der Waals surface area contributed by atoms with Gasteiger partial charge >= 0.3 is 0 Å². The van der Waals surface area contributed by atoms with Crippen LogP contribution in [0.4, 0.5) is 11.6 Å². The number of aliphatic hydroxyl groups excluding tert-OH is 1. The van der Waals surface area contributed by atoms with Gasteiger partial charge in [-0.15, -0.1) is 0 Å². The van der Waals surface area contributed by atoms with Crippen LogP contribution in [0, 0.1) is 0 Å². The summed E-state index contributed by atoms with van der Waals surface area (Å²) in [6.07, 6.45) is 3.39. The number of morpholine rings is 1. The lowest BCUT2D eigenvalue weighted by Crippen LogP contribution is -2.39. The Bertz CT molecular complexity index is 974. The van der Waals surface area contributed by atoms with Crippen LogP contribution in [0.2, 0.25) is 0 Å². The van der Waals surface area contributed by atoms with Gasteiger partial charge in [0.25, 0.3) is 0 Å². The molecule has 0 amide bonds. The van der Waals surface area contributed by atoms with Crippen molar-refractivity contribution in [2.24, 2.45) is 0 Å². The van der Waals surface area contributed by atoms with Gasteiger partial charge in [0, 0.05) is 43.8 Å². The number of anilines is 2. The van der Waals surface area contributed by atoms with Gasteiger partial charge in [-0.25, -0.2) is 9.97 Å². The second-order valence-electron chi connectivity index (χ2n) is 11.5. The highest BCUT2D eigenvalue weighted by Crippen LogP contribution is 2.18. The molecule has 8 heteroatoms. The molecule has 3 N–H and O–H groups in total. The molecule has 2 aromatic rings. The molecule has 1 unspecified atom stereocenters. The molecular formula is C32H56N6O2. The van der Waals surface area contributed by atoms with E-state index in [9.17, 15) is 5.11 Å². The number of rotatable bonds is 9. The Hall–Kier alpha value is -2.68. The second kappa shape index (κ2) is 17.9. The summed E-state index contributed by atoms with van der Waals surface area (Å²) in [5.74, 6) is 1.96. The van der Waals surface area contributed by atoms with Crippen LogP contribution in [0.5, 0.6) is 0 Å². The molecule has 3 rings (SSSR count). The highest BCUT2D eigenvalue weighted by Gasteiger charge is 2.17. The minimum absolute atomic E-state index is 0.0111. The van der Waals surface area contributed by atoms with Crippen LogP contribution in [-0.4, -0.2) is 72.1 Å². The first-order chi connectivity index (χ1) is 18.9. The first-order valence-electron chi connectivity index (χ1n) is 14.8. The molecule has 0 bridgehead atoms. The van der Waals surface area contributed by atoms with Crippen LogP contribution in [0.3, 0.4) is 0 Å². The summed E-state index contributed by atoms with van der Waals surface area (Å²) in [6.45, 7) is 26.6. The standard InChI is InChI=1S/C15H25N3O2.C15H25N3.C2H6/c1-15(2,3)16-11-13(19)12-5-4-6-14(17-12)18-7-9-20-10-8-18;1-6-18(7-2)14-10-8-9-13(17-14)11-12-16-15(3,4)5;1-2/h4-6,13,16,19H,7-11H2,1-3H3;8-12,16H,6-7H2,1-5H3;1-2H3/b;12-11+;. The first-order valence-corrected chi connectivity index (χ1v) is 14.8. The van der Waals surface area contributed by atoms with Crippen molar-refractivity contribution in [3.63, 3.8) is 0 Å². The largest absolute Gasteiger partial charge is 0.386 e. The molecule has 1 saturated heterocycles. The van der Waals surface area contributed by atoms with Gasteiger partial charge in [-0.2, -0.15) is 0 Å². The number of pyridine rings is 2. The lowest BCUT2D eigenvalue weighted by atomic mass is 10.1. The third-order valence-corrected chi connectivity index (χ3v) is 5.87. The second-order valence-corrected chi connectivity index (χ2v) is 11.5. The van der Waals surface area contributed by atoms with Crippen molar-refractivity contribution in [1.29, 1.82) is 0 Å². The fourth-order valence-corrected chi connectivity index (χ4v) is 3.73. The van der Waals surface area contributed by atoms with Crippen LogP contribution < -0.4 is 20.4 Å². The lowest BCUT2D eigenvalue weighted by Gasteiger charge is -2.28. The summed E-state index contributed by atoms with van der Waals surface area (Å²) in [4.78, 5) is 13.6. The molecule has 0 aliphatic carbocycles. The van der Waals surface area contributed by atoms with Crippen LogP contribution >= 0.6 is 0 Å². The van der Waals surface area contributed by atoms with Gasteiger partial charge in [0.2, 0.25) is 0 Å². The molecule has 0 spiro atoms. The number of aromatic nitrogens is 2. The zero-order chi connectivity index (χ0) is 30.2. The van der Waals surface area contributed by atoms with Gasteiger partial charge in [0.1, 0.15) is 17.7 Å². The number of nitrogens with one attached hydrogen (secondary N) is 2. The van der Waals surface area contributed by atoms with Crippen LogP contribution in [-0.2, 0) is 4.74 Å². The van der Waals surface area contributed by atoms with Gasteiger partial charge < -0.3 is 30.3 Å². The molecule has 40 heavy (non-hydrogen) atoms. The van der Waals surface area contributed by atoms with E-state index in [1.165, 1.54) is 0 Å². The van der Waals surface area contributed by atoms with Crippen molar-refractivity contribution >= 4 is 17.7 Å². The summed E-state index contributed by atoms with van der Waals surface area (Å²) in [5.41, 5.74) is 1.78. The zero-order valence-corrected chi connectivity index (χ0v) is 26.8. The monoisotopic (exact) mass is 556 g/mol. The number of nitrogens with zero attached hydrogens (tertiary/aromatic N) is 4. The third-order valence-electron chi connectivity index (χ3n) is 5.87. The summed E-state index contributed by atoms with van der Waals surface area (Å²) in [7, 11) is 0. The minimum Gasteiger partial charge on any atom is -0.386 e. The van der Waals surface area contributed by atoms with Crippen molar-refractivity contribution in [3.8, 4) is 0 Å². The average molecular weight is 557 g/mol. The van der Waals surface area contributed by atoms with Gasteiger partial charge in [0.05, 0.1) is 24.6 Å². The molecule has 1 fully saturated rings. The Morgan fingerprint density at radius 1 is 0.950 bits per heavy atom. The summed E-state index contributed by atoms with van der Waals surface area (Å²) >= 11 is 0. The molecular weight excluding hydrogens is 500 g/mol. The number of β-amino-alcohol motifs (C(OH)–C–C–N with tert-alkyl or cyclic N) is 1. The highest BCUT2D eigenvalue weighted by molar-refractivity contribution is 5.49. The van der Waals surface area contributed by atoms with E-state index in [2.05, 4.69) is 97.9 Å². The quantitative estimate of drug-likeness (QED) is 0.365. The number of hydrogen-bond acceptors (Lipinski definition) is 8. The Morgan fingerprint density at radius 3 is 2.15 bits per heavy atom. The zero-order valence-electron chi connectivity index (χ0n) is 26.8. The summed E-state index contributed by atoms with van der Waals surface area (Å²) in [5, 5.41) is 16.8. The van der Waals surface area contributed by atoms with E-state index in [0.717, 1.165) is 56.7 Å². The van der Waals surface area contributed by atoms with E-state index in [1.54, 1.807) is 0 Å². The third kappa shape index (κ3) is 14.1. The van der Waals surface area contributed by atoms with E-state index < -0.39 is 6.10 Å². The maximum absolute atomic E-state index is 10.2. The Kier molecular flexibility index (Phi) is 15.8. The van der Waals surface area contributed by atoms with Gasteiger partial charge in [0.15, 0.2) is 0 Å². The summed E-state index contributed by atoms with van der Waals surface area (Å²) in [6, 6.07) is 11.9. The van der Waals surface area contributed by atoms with E-state index in [1.807, 2.05) is 50.4 Å². The highest BCUT2D eigenvalue weighted by atomic mass is 16.5. The fourth-order valence-electron chi connectivity index (χ4n) is 3.73. The average Bonchev–Trinajstić information content (AvgIpc) is 2.94. The molecule has 0 aromatic carbocycles. The molecule has 0 saturated carbocycles. The molecule has 0 radical (unpaired) electrons. The van der Waals surface area contributed by atoms with Gasteiger partial charge in [-0.3, -0.25) is 0 Å². The Labute approximate surface area is 244 Å². The normalized spacial score (nSPS) is 14.5. The first kappa shape index (κ1) is 35.3. The lowest BCUT2D eigenvalue weighted by molar-refractivity contribution is 0.122. The number of ether oxygens (including phenoxy) is 1. The molecule has 226 valence electrons. The number of aliphatic hydroxyl groups is 1. The van der Waals surface area contributed by atoms with E-state index in [4.69, 9.17) is 4.74 Å². The van der Waals surface area contributed by atoms with Crippen molar-refractivity contribution in [1.82, 2.24) is 20.6 Å². The Balaban J connectivity index is 0.000000379. The molecule has 8 nitrogen and oxygen atoms in total. The van der Waals surface area contributed by atoms with Gasteiger partial charge in [-0.1, -0.05) is 26.0 Å². The van der Waals surface area contributed by atoms with E-state index in [0.29, 0.717) is 12.2 Å². The van der Waals surface area contributed by atoms with Crippen LogP contribution in [0.1, 0.15) is 86.7 Å². The smallest absolute Gasteiger partial charge is 0.129 e. The summed E-state index contributed by atoms with van der Waals surface area (Å²) < 4.78 is 5.35. The van der Waals surface area contributed by atoms with Crippen LogP contribution in [0.15, 0.2) is 42.6 Å². The topological polar surface area (TPSA) is 85.8 Å². The molecule has 2 aromatic heterocycles. The molecule has 1 aliphatic heterocycles. The van der Waals surface area contributed by atoms with Crippen molar-refractivity contribution < 1.29 is 9.84 Å². The predicted molar refractivity (Wildman–Crippen MR) is 171 cm³/mol. The molecule has 1 aliphatic rings. The predicted octanol–water partition coefficient (Wildman–Crippen LogP) is 5.65. The SMILES string of the molecule is CC.CC(C)(C)NCC(O)c1cccc(N2CCOCC2)n1.CCN(CC)c1cccc(/C=C/NC(C)(C)C)n1. The van der Waals surface area contributed by atoms with Crippen molar-refractivity contribution in [2.45, 2.75) is 86.4 Å². The van der Waals surface area contributed by atoms with Crippen molar-refractivity contribution in [3.05, 3.63) is 54.0 Å². The van der Waals surface area contributed by atoms with Crippen molar-refractivity contribution in [2.75, 3.05) is 55.7 Å². The Morgan fingerprint density at radius 2 is 1.57 bits per heavy atom. The maximum Gasteiger partial charge on any atom is 0.129 e. The fraction of sp³-hybridized carbons (Fsp3) is 0.625. The van der Waals surface area contributed by atoms with Gasteiger partial charge in [-0.05, 0) is 91.9 Å². The minimum atomic E-state index is -0.588. The molecule has 1 atom stereocenters. The maximum atomic E-state index is 10.2. The van der Waals surface area contributed by atoms with E-state index in [-0.39, 0.29) is 11.1 Å².